The molecule has 2 aliphatic rings. The second kappa shape index (κ2) is 4.53. The van der Waals surface area contributed by atoms with E-state index in [-0.39, 0.29) is 17.5 Å². The van der Waals surface area contributed by atoms with Gasteiger partial charge in [-0.3, -0.25) is 20.2 Å². The van der Waals surface area contributed by atoms with Crippen LogP contribution in [0.5, 0.6) is 11.5 Å². The van der Waals surface area contributed by atoms with Crippen molar-refractivity contribution in [3.05, 3.63) is 63.7 Å². The molecular formula is C16H12N2O5. The maximum Gasteiger partial charge on any atom is 0.270 e. The van der Waals surface area contributed by atoms with Gasteiger partial charge in [-0.25, -0.2) is 0 Å². The normalized spacial score (nSPS) is 23.4. The monoisotopic (exact) mass is 312 g/mol. The molecule has 0 amide bonds. The highest BCUT2D eigenvalue weighted by Gasteiger charge is 2.68. The second-order valence-corrected chi connectivity index (χ2v) is 5.45. The number of nitrogens with one attached hydrogen (secondary N) is 1. The first-order valence-corrected chi connectivity index (χ1v) is 6.99. The Bertz CT molecular complexity index is 833. The SMILES string of the molecule is COc1ccc(C(=O)[C@]23N[C@H]2c2cc([N+](=O)[O-])ccc2O3)cc1. The zero-order chi connectivity index (χ0) is 16.2. The fourth-order valence-electron chi connectivity index (χ4n) is 2.90. The van der Waals surface area contributed by atoms with Gasteiger partial charge in [0.05, 0.1) is 12.0 Å². The Morgan fingerprint density at radius 3 is 2.70 bits per heavy atom. The van der Waals surface area contributed by atoms with E-state index in [4.69, 9.17) is 9.47 Å². The standard InChI is InChI=1S/C16H12N2O5/c1-22-11-5-2-9(3-6-11)15(19)16-14(17-16)12-8-10(18(20)21)4-7-13(12)23-16/h2-8,14,17H,1H3/t14-,16-/m0/s1. The third-order valence-corrected chi connectivity index (χ3v) is 4.16. The third-order valence-electron chi connectivity index (χ3n) is 4.16. The van der Waals surface area contributed by atoms with Crippen molar-refractivity contribution in [3.8, 4) is 11.5 Å². The largest absolute Gasteiger partial charge is 0.497 e. The summed E-state index contributed by atoms with van der Waals surface area (Å²) in [6.45, 7) is 0. The molecule has 1 saturated heterocycles. The lowest BCUT2D eigenvalue weighted by molar-refractivity contribution is -0.384. The number of fused-ring (bicyclic) bond motifs is 3. The van der Waals surface area contributed by atoms with Crippen LogP contribution >= 0.6 is 0 Å². The molecule has 0 saturated carbocycles. The summed E-state index contributed by atoms with van der Waals surface area (Å²) in [7, 11) is 1.55. The third kappa shape index (κ3) is 1.90. The summed E-state index contributed by atoms with van der Waals surface area (Å²) < 4.78 is 10.8. The number of benzene rings is 2. The molecule has 1 fully saturated rings. The summed E-state index contributed by atoms with van der Waals surface area (Å²) >= 11 is 0. The van der Waals surface area contributed by atoms with Crippen LogP contribution in [0.2, 0.25) is 0 Å². The Morgan fingerprint density at radius 2 is 2.04 bits per heavy atom. The molecular weight excluding hydrogens is 300 g/mol. The molecule has 0 aliphatic carbocycles. The van der Waals surface area contributed by atoms with Crippen LogP contribution in [0.25, 0.3) is 0 Å². The fourth-order valence-corrected chi connectivity index (χ4v) is 2.90. The molecule has 4 rings (SSSR count). The molecule has 0 unspecified atom stereocenters. The van der Waals surface area contributed by atoms with Gasteiger partial charge < -0.3 is 9.47 Å². The number of Topliss-reactive ketones (excluding diaryl/α,β-unsaturated/α-hetero) is 1. The maximum absolute atomic E-state index is 12.7. The van der Waals surface area contributed by atoms with Gasteiger partial charge in [0.2, 0.25) is 11.5 Å². The minimum atomic E-state index is -1.15. The number of hydrogen-bond donors (Lipinski definition) is 1. The lowest BCUT2D eigenvalue weighted by Gasteiger charge is -2.12. The Kier molecular flexibility index (Phi) is 2.70. The number of nitro groups is 1. The van der Waals surface area contributed by atoms with E-state index in [2.05, 4.69) is 5.32 Å². The molecule has 7 heteroatoms. The number of rotatable bonds is 4. The molecule has 0 spiro atoms. The van der Waals surface area contributed by atoms with Crippen molar-refractivity contribution in [2.24, 2.45) is 0 Å². The number of methoxy groups -OCH3 is 1. The van der Waals surface area contributed by atoms with Crippen molar-refractivity contribution in [1.29, 1.82) is 0 Å². The fraction of sp³-hybridized carbons (Fsp3) is 0.188. The predicted molar refractivity (Wildman–Crippen MR) is 79.7 cm³/mol. The highest BCUT2D eigenvalue weighted by Crippen LogP contribution is 2.54. The maximum atomic E-state index is 12.7. The number of ether oxygens (including phenoxy) is 2. The molecule has 2 heterocycles. The molecule has 2 atom stereocenters. The Morgan fingerprint density at radius 1 is 1.30 bits per heavy atom. The van der Waals surface area contributed by atoms with Crippen LogP contribution < -0.4 is 14.8 Å². The van der Waals surface area contributed by atoms with Crippen molar-refractivity contribution < 1.29 is 19.2 Å². The smallest absolute Gasteiger partial charge is 0.270 e. The van der Waals surface area contributed by atoms with Crippen LogP contribution in [0.1, 0.15) is 22.0 Å². The van der Waals surface area contributed by atoms with Gasteiger partial charge in [0.15, 0.2) is 0 Å². The van der Waals surface area contributed by atoms with Crippen molar-refractivity contribution >= 4 is 11.5 Å². The Hall–Kier alpha value is -2.93. The highest BCUT2D eigenvalue weighted by atomic mass is 16.6. The van der Waals surface area contributed by atoms with Gasteiger partial charge in [-0.15, -0.1) is 0 Å². The minimum Gasteiger partial charge on any atom is -0.497 e. The van der Waals surface area contributed by atoms with Gasteiger partial charge in [-0.05, 0) is 30.3 Å². The van der Waals surface area contributed by atoms with E-state index in [9.17, 15) is 14.9 Å². The Balaban J connectivity index is 1.64. The summed E-state index contributed by atoms with van der Waals surface area (Å²) in [6, 6.07) is 10.7. The first kappa shape index (κ1) is 13.7. The van der Waals surface area contributed by atoms with Crippen molar-refractivity contribution in [2.75, 3.05) is 7.11 Å². The number of carbonyl (C=O) groups is 1. The minimum absolute atomic E-state index is 0.0197. The first-order valence-electron chi connectivity index (χ1n) is 6.99. The number of carbonyl (C=O) groups excluding carboxylic acids is 1. The number of nitrogens with zero attached hydrogens (tertiary/aromatic N) is 1. The highest BCUT2D eigenvalue weighted by molar-refractivity contribution is 6.06. The molecule has 2 aromatic rings. The van der Waals surface area contributed by atoms with E-state index < -0.39 is 10.6 Å². The van der Waals surface area contributed by atoms with Gasteiger partial charge >= 0.3 is 0 Å². The molecule has 0 radical (unpaired) electrons. The summed E-state index contributed by atoms with van der Waals surface area (Å²) in [5, 5.41) is 13.9. The van der Waals surface area contributed by atoms with E-state index in [0.29, 0.717) is 22.6 Å². The van der Waals surface area contributed by atoms with E-state index in [1.54, 1.807) is 31.4 Å². The predicted octanol–water partition coefficient (Wildman–Crippen LogP) is 2.22. The molecule has 2 aliphatic heterocycles. The molecule has 0 bridgehead atoms. The van der Waals surface area contributed by atoms with Crippen molar-refractivity contribution in [2.45, 2.75) is 11.8 Å². The van der Waals surface area contributed by atoms with Crippen LogP contribution in [0.15, 0.2) is 42.5 Å². The molecule has 1 N–H and O–H groups in total. The zero-order valence-electron chi connectivity index (χ0n) is 12.1. The molecule has 116 valence electrons. The van der Waals surface area contributed by atoms with Crippen molar-refractivity contribution in [3.63, 3.8) is 0 Å². The van der Waals surface area contributed by atoms with Crippen LogP contribution in [0, 0.1) is 10.1 Å². The van der Waals surface area contributed by atoms with E-state index in [0.717, 1.165) is 0 Å². The van der Waals surface area contributed by atoms with E-state index >= 15 is 0 Å². The summed E-state index contributed by atoms with van der Waals surface area (Å²) in [6.07, 6.45) is 0. The quantitative estimate of drug-likeness (QED) is 0.402. The average Bonchev–Trinajstić information content (AvgIpc) is 3.21. The summed E-state index contributed by atoms with van der Waals surface area (Å²) in [4.78, 5) is 23.2. The van der Waals surface area contributed by atoms with Crippen LogP contribution in [0.4, 0.5) is 5.69 Å². The van der Waals surface area contributed by atoms with Gasteiger partial charge in [-0.2, -0.15) is 0 Å². The van der Waals surface area contributed by atoms with Crippen LogP contribution in [-0.2, 0) is 0 Å². The van der Waals surface area contributed by atoms with Gasteiger partial charge in [0, 0.05) is 23.3 Å². The van der Waals surface area contributed by atoms with Gasteiger partial charge in [0.1, 0.15) is 17.5 Å². The Labute approximate surface area is 131 Å². The lowest BCUT2D eigenvalue weighted by atomic mass is 10.0. The number of hydrogen-bond acceptors (Lipinski definition) is 6. The summed E-state index contributed by atoms with van der Waals surface area (Å²) in [5.74, 6) is 0.954. The van der Waals surface area contributed by atoms with Crippen LogP contribution in [-0.4, -0.2) is 23.5 Å². The average molecular weight is 312 g/mol. The van der Waals surface area contributed by atoms with Gasteiger partial charge in [-0.1, -0.05) is 0 Å². The topological polar surface area (TPSA) is 101 Å². The van der Waals surface area contributed by atoms with E-state index in [1.165, 1.54) is 18.2 Å². The van der Waals surface area contributed by atoms with Crippen molar-refractivity contribution in [1.82, 2.24) is 5.32 Å². The van der Waals surface area contributed by atoms with E-state index in [1.807, 2.05) is 0 Å². The number of ketones is 1. The molecule has 2 aromatic carbocycles. The van der Waals surface area contributed by atoms with Gasteiger partial charge in [0.25, 0.3) is 5.69 Å². The summed E-state index contributed by atoms with van der Waals surface area (Å²) in [5.41, 5.74) is -0.0375. The molecule has 7 nitrogen and oxygen atoms in total. The second-order valence-electron chi connectivity index (χ2n) is 5.45. The molecule has 0 aromatic heterocycles. The molecule has 23 heavy (non-hydrogen) atoms. The lowest BCUT2D eigenvalue weighted by Crippen LogP contribution is -2.33. The zero-order valence-corrected chi connectivity index (χ0v) is 12.1. The number of non-ortho nitro benzene ring substituents is 1. The van der Waals surface area contributed by atoms with Crippen LogP contribution in [0.3, 0.4) is 0 Å². The number of nitro benzene ring substituents is 1. The first-order chi connectivity index (χ1) is 11.0.